The molecule has 0 spiro atoms. The van der Waals surface area contributed by atoms with Gasteiger partial charge in [-0.2, -0.15) is 0 Å². The molecule has 0 aliphatic rings. The molecular weight excluding hydrogens is 349 g/mol. The maximum atomic E-state index is 0. The maximum absolute atomic E-state index is 0. The minimum absolute atomic E-state index is 0. The van der Waals surface area contributed by atoms with Gasteiger partial charge in [0.15, 0.2) is 0 Å². The number of rotatable bonds is 0. The first-order valence-corrected chi connectivity index (χ1v) is 0. The van der Waals surface area contributed by atoms with Crippen LogP contribution in [0.3, 0.4) is 0 Å². The summed E-state index contributed by atoms with van der Waals surface area (Å²) in [5, 5.41) is 0. The molecule has 0 aromatic heterocycles. The van der Waals surface area contributed by atoms with E-state index in [1.807, 2.05) is 0 Å². The van der Waals surface area contributed by atoms with Crippen molar-refractivity contribution < 1.29 is 56.2 Å². The molecule has 0 amide bonds. The van der Waals surface area contributed by atoms with Crippen LogP contribution >= 0.6 is 0 Å². The van der Waals surface area contributed by atoms with Crippen molar-refractivity contribution in [3.8, 4) is 0 Å². The van der Waals surface area contributed by atoms with Crippen molar-refractivity contribution >= 4 is 96.9 Å². The molecule has 0 atom stereocenters. The summed E-state index contributed by atoms with van der Waals surface area (Å²) in [5.41, 5.74) is 0. The Morgan fingerprint density at radius 1 is 1.00 bits per heavy atom. The molecule has 0 aromatic rings. The predicted molar refractivity (Wildman–Crippen MR) is 11.5 cm³/mol. The van der Waals surface area contributed by atoms with Crippen molar-refractivity contribution in [1.82, 2.24) is 0 Å². The summed E-state index contributed by atoms with van der Waals surface area (Å²) in [4.78, 5) is 0. The van der Waals surface area contributed by atoms with Gasteiger partial charge in [0.1, 0.15) is 0 Å². The van der Waals surface area contributed by atoms with E-state index in [1.165, 1.54) is 0 Å². The Labute approximate surface area is 148 Å². The Morgan fingerprint density at radius 2 is 1.00 bits per heavy atom. The van der Waals surface area contributed by atoms with E-state index < -0.39 is 0 Å². The Morgan fingerprint density at radius 3 is 1.00 bits per heavy atom. The van der Waals surface area contributed by atoms with Crippen LogP contribution in [0.4, 0.5) is 0 Å². The molecule has 0 unspecified atom stereocenters. The van der Waals surface area contributed by atoms with Crippen molar-refractivity contribution in [2.75, 3.05) is 0 Å². The fourth-order valence-electron chi connectivity index (χ4n) is 0. The fraction of sp³-hybridized carbons (Fsp3) is 0. The normalized spacial score (nSPS) is 0. The first kappa shape index (κ1) is 32.7. The molecule has 0 nitrogen and oxygen atoms in total. The van der Waals surface area contributed by atoms with Crippen LogP contribution in [-0.2, 0) is 56.2 Å². The topological polar surface area (TPSA) is 0 Å². The van der Waals surface area contributed by atoms with Gasteiger partial charge in [-0.05, 0) is 0 Å². The van der Waals surface area contributed by atoms with Crippen molar-refractivity contribution in [2.45, 2.75) is 0 Å². The molecule has 5 heavy (non-hydrogen) atoms. The molecule has 0 bridgehead atoms. The summed E-state index contributed by atoms with van der Waals surface area (Å²) < 4.78 is 0. The van der Waals surface area contributed by atoms with Crippen molar-refractivity contribution in [2.24, 2.45) is 0 Å². The summed E-state index contributed by atoms with van der Waals surface area (Å²) in [7, 11) is 0. The average molecular weight is 349 g/mol. The molecule has 0 rings (SSSR count). The number of hydrogen-bond donors (Lipinski definition) is 0. The second-order valence-electron chi connectivity index (χ2n) is 0. The molecule has 0 aromatic carbocycles. The summed E-state index contributed by atoms with van der Waals surface area (Å²) in [5.74, 6) is 0. The van der Waals surface area contributed by atoms with E-state index in [9.17, 15) is 0 Å². The van der Waals surface area contributed by atoms with Crippen molar-refractivity contribution in [3.05, 3.63) is 0 Å². The van der Waals surface area contributed by atoms with E-state index in [0.717, 1.165) is 0 Å². The summed E-state index contributed by atoms with van der Waals surface area (Å²) in [6.45, 7) is 0. The zero-order valence-electron chi connectivity index (χ0n) is 2.70. The van der Waals surface area contributed by atoms with Gasteiger partial charge in [-0.1, -0.05) is 0 Å². The molecule has 0 fully saturated rings. The van der Waals surface area contributed by atoms with Gasteiger partial charge in [0.25, 0.3) is 0 Å². The minimum Gasteiger partial charge on any atom is 0 e. The minimum atomic E-state index is 0. The van der Waals surface area contributed by atoms with Crippen LogP contribution < -0.4 is 0 Å². The van der Waals surface area contributed by atoms with E-state index in [-0.39, 0.29) is 153 Å². The Kier molecular flexibility index (Phi) is 151. The van der Waals surface area contributed by atoms with Gasteiger partial charge >= 0.3 is 0 Å². The third-order valence-electron chi connectivity index (χ3n) is 0. The summed E-state index contributed by atoms with van der Waals surface area (Å²) in [6, 6.07) is 0. The van der Waals surface area contributed by atoms with E-state index in [2.05, 4.69) is 0 Å². The molecule has 0 heterocycles. The first-order chi connectivity index (χ1) is 0. The van der Waals surface area contributed by atoms with Crippen LogP contribution in [0.15, 0.2) is 0 Å². The van der Waals surface area contributed by atoms with E-state index in [4.69, 9.17) is 0 Å². The molecule has 0 aliphatic carbocycles. The van der Waals surface area contributed by atoms with Gasteiger partial charge in [-0.3, -0.25) is 0 Å². The standard InChI is InChI=1S/Ag.Co.Fe.K.Sr. The molecule has 0 saturated heterocycles. The molecule has 5 heteroatoms. The van der Waals surface area contributed by atoms with Gasteiger partial charge in [0, 0.05) is 153 Å². The zero-order chi connectivity index (χ0) is 0. The average Bonchev–Trinajstić information content (AvgIpc) is 0. The van der Waals surface area contributed by atoms with Crippen molar-refractivity contribution in [3.63, 3.8) is 0 Å². The van der Waals surface area contributed by atoms with Gasteiger partial charge in [-0.15, -0.1) is 0 Å². The quantitative estimate of drug-likeness (QED) is 0.504. The van der Waals surface area contributed by atoms with Crippen LogP contribution in [0.5, 0.6) is 0 Å². The van der Waals surface area contributed by atoms with Crippen LogP contribution in [0, 0.1) is 0 Å². The second-order valence-corrected chi connectivity index (χ2v) is 0. The van der Waals surface area contributed by atoms with Gasteiger partial charge in [0.05, 0.1) is 0 Å². The van der Waals surface area contributed by atoms with Crippen LogP contribution in [0.1, 0.15) is 0 Å². The van der Waals surface area contributed by atoms with Gasteiger partial charge in [0.2, 0.25) is 0 Å². The predicted octanol–water partition coefficient (Wildman–Crippen LogP) is -0.769. The molecular formula is AgCoFeKSr. The monoisotopic (exact) mass is 349 g/mol. The van der Waals surface area contributed by atoms with Crippen molar-refractivity contribution in [1.29, 1.82) is 0 Å². The largest absolute Gasteiger partial charge is 0 e. The molecule has 31 valence electrons. The van der Waals surface area contributed by atoms with Crippen LogP contribution in [-0.4, -0.2) is 96.9 Å². The van der Waals surface area contributed by atoms with Crippen LogP contribution in [0.25, 0.3) is 0 Å². The summed E-state index contributed by atoms with van der Waals surface area (Å²) in [6.07, 6.45) is 0. The smallest absolute Gasteiger partial charge is 0 e. The summed E-state index contributed by atoms with van der Waals surface area (Å²) >= 11 is 0. The van der Waals surface area contributed by atoms with E-state index in [0.29, 0.717) is 0 Å². The Bertz CT molecular complexity index is 11.6. The third-order valence-corrected chi connectivity index (χ3v) is 0. The van der Waals surface area contributed by atoms with E-state index in [1.54, 1.807) is 0 Å². The molecule has 0 N–H and O–H groups in total. The molecule has 0 saturated carbocycles. The molecule has 0 aliphatic heterocycles. The van der Waals surface area contributed by atoms with Gasteiger partial charge in [-0.25, -0.2) is 0 Å². The molecule has 5 radical (unpaired) electrons. The van der Waals surface area contributed by atoms with E-state index >= 15 is 0 Å². The van der Waals surface area contributed by atoms with Gasteiger partial charge < -0.3 is 0 Å². The maximum Gasteiger partial charge on any atom is 0 e. The first-order valence-electron chi connectivity index (χ1n) is 0. The van der Waals surface area contributed by atoms with Crippen LogP contribution in [0.2, 0.25) is 0 Å². The second kappa shape index (κ2) is 23.2. The number of hydrogen-bond acceptors (Lipinski definition) is 0. The third kappa shape index (κ3) is 17.6. The SMILES string of the molecule is [Ag].[Co].[Fe].[K].[Sr]. The fourth-order valence-corrected chi connectivity index (χ4v) is 0. The zero-order valence-corrected chi connectivity index (χ0v) is 12.9. The Hall–Kier alpha value is 4.88. The Balaban J connectivity index is 0.